The molecule has 0 amide bonds. The summed E-state index contributed by atoms with van der Waals surface area (Å²) in [6.07, 6.45) is 5.66. The molecular formula is C22H24BrN7O. The van der Waals surface area contributed by atoms with E-state index in [9.17, 15) is 0 Å². The Morgan fingerprint density at radius 1 is 1.10 bits per heavy atom. The van der Waals surface area contributed by atoms with Crippen LogP contribution in [0.4, 0.5) is 5.69 Å². The van der Waals surface area contributed by atoms with E-state index in [1.54, 1.807) is 7.11 Å². The number of anilines is 1. The number of hydrogen-bond acceptors (Lipinski definition) is 6. The number of halogens is 1. The van der Waals surface area contributed by atoms with E-state index < -0.39 is 0 Å². The van der Waals surface area contributed by atoms with Gasteiger partial charge in [0.15, 0.2) is 5.65 Å². The van der Waals surface area contributed by atoms with Crippen LogP contribution in [-0.4, -0.2) is 62.7 Å². The molecule has 31 heavy (non-hydrogen) atoms. The molecule has 0 spiro atoms. The van der Waals surface area contributed by atoms with Crippen molar-refractivity contribution in [1.82, 2.24) is 29.4 Å². The number of nitrogens with zero attached hydrogens (tertiary/aromatic N) is 6. The molecule has 1 aliphatic heterocycles. The number of ether oxygens (including phenoxy) is 1. The van der Waals surface area contributed by atoms with Crippen molar-refractivity contribution in [2.24, 2.45) is 7.05 Å². The molecule has 0 bridgehead atoms. The highest BCUT2D eigenvalue weighted by Crippen LogP contribution is 2.34. The fourth-order valence-electron chi connectivity index (χ4n) is 4.00. The number of pyridine rings is 1. The van der Waals surface area contributed by atoms with Crippen LogP contribution in [0.5, 0.6) is 5.75 Å². The maximum atomic E-state index is 5.26. The topological polar surface area (TPSA) is 75.1 Å². The average molecular weight is 482 g/mol. The summed E-state index contributed by atoms with van der Waals surface area (Å²) >= 11 is 3.71. The Kier molecular flexibility index (Phi) is 5.37. The first kappa shape index (κ1) is 20.0. The number of fused-ring (bicyclic) bond motifs is 1. The summed E-state index contributed by atoms with van der Waals surface area (Å²) in [7, 11) is 3.71. The van der Waals surface area contributed by atoms with Crippen molar-refractivity contribution >= 4 is 32.8 Å². The lowest BCUT2D eigenvalue weighted by Gasteiger charge is -2.36. The van der Waals surface area contributed by atoms with Gasteiger partial charge in [-0.3, -0.25) is 4.90 Å². The van der Waals surface area contributed by atoms with Gasteiger partial charge in [0.1, 0.15) is 17.1 Å². The summed E-state index contributed by atoms with van der Waals surface area (Å²) in [6.45, 7) is 4.75. The number of aryl methyl sites for hydroxylation is 1. The van der Waals surface area contributed by atoms with E-state index in [0.717, 1.165) is 71.2 Å². The fourth-order valence-corrected chi connectivity index (χ4v) is 4.54. The summed E-state index contributed by atoms with van der Waals surface area (Å²) in [5, 5.41) is 0. The minimum absolute atomic E-state index is 0.793. The number of methoxy groups -OCH3 is 1. The van der Waals surface area contributed by atoms with Crippen molar-refractivity contribution in [1.29, 1.82) is 0 Å². The minimum Gasteiger partial charge on any atom is -0.497 e. The summed E-state index contributed by atoms with van der Waals surface area (Å²) in [5.74, 6) is 1.63. The maximum Gasteiger partial charge on any atom is 0.159 e. The Labute approximate surface area is 189 Å². The number of aromatic amines is 1. The van der Waals surface area contributed by atoms with E-state index >= 15 is 0 Å². The SMILES string of the molecule is COc1ccc(-c2nc3c(N4CCN(Cc5cncn5C)CC4)c(Br)cnc3[nH]2)cc1. The Bertz CT molecular complexity index is 1190. The van der Waals surface area contributed by atoms with Gasteiger partial charge < -0.3 is 19.2 Å². The number of benzene rings is 1. The lowest BCUT2D eigenvalue weighted by molar-refractivity contribution is 0.245. The number of nitrogens with one attached hydrogen (secondary N) is 1. The van der Waals surface area contributed by atoms with E-state index in [-0.39, 0.29) is 0 Å². The molecule has 0 unspecified atom stereocenters. The molecule has 160 valence electrons. The maximum absolute atomic E-state index is 5.26. The van der Waals surface area contributed by atoms with Crippen LogP contribution in [-0.2, 0) is 13.6 Å². The Hall–Kier alpha value is -2.91. The first-order valence-electron chi connectivity index (χ1n) is 10.2. The molecule has 9 heteroatoms. The molecule has 1 saturated heterocycles. The highest BCUT2D eigenvalue weighted by molar-refractivity contribution is 9.10. The van der Waals surface area contributed by atoms with Gasteiger partial charge in [-0.2, -0.15) is 0 Å². The van der Waals surface area contributed by atoms with Crippen molar-refractivity contribution < 1.29 is 4.74 Å². The van der Waals surface area contributed by atoms with Gasteiger partial charge in [-0.25, -0.2) is 15.0 Å². The Morgan fingerprint density at radius 2 is 1.87 bits per heavy atom. The molecule has 0 radical (unpaired) electrons. The molecule has 3 aromatic heterocycles. The molecule has 0 saturated carbocycles. The van der Waals surface area contributed by atoms with Crippen LogP contribution in [0.2, 0.25) is 0 Å². The van der Waals surface area contributed by atoms with Crippen molar-refractivity contribution in [2.45, 2.75) is 6.54 Å². The van der Waals surface area contributed by atoms with Crippen LogP contribution in [0.3, 0.4) is 0 Å². The van der Waals surface area contributed by atoms with Crippen LogP contribution < -0.4 is 9.64 Å². The summed E-state index contributed by atoms with van der Waals surface area (Å²) in [5.41, 5.74) is 5.02. The van der Waals surface area contributed by atoms with Crippen LogP contribution in [0.25, 0.3) is 22.6 Å². The van der Waals surface area contributed by atoms with Gasteiger partial charge in [-0.15, -0.1) is 0 Å². The zero-order valence-corrected chi connectivity index (χ0v) is 19.1. The molecule has 8 nitrogen and oxygen atoms in total. The second kappa shape index (κ2) is 8.32. The number of aromatic nitrogens is 5. The first-order valence-corrected chi connectivity index (χ1v) is 11.0. The molecule has 1 aromatic carbocycles. The van der Waals surface area contributed by atoms with E-state index in [1.807, 2.05) is 50.0 Å². The van der Waals surface area contributed by atoms with Gasteiger partial charge in [0.05, 0.1) is 29.3 Å². The van der Waals surface area contributed by atoms with Crippen LogP contribution in [0.15, 0.2) is 47.5 Å². The molecule has 0 atom stereocenters. The molecule has 1 N–H and O–H groups in total. The van der Waals surface area contributed by atoms with Gasteiger partial charge in [0.2, 0.25) is 0 Å². The van der Waals surface area contributed by atoms with Gasteiger partial charge in [-0.1, -0.05) is 0 Å². The second-order valence-electron chi connectivity index (χ2n) is 7.72. The Balaban J connectivity index is 1.38. The molecule has 1 fully saturated rings. The highest BCUT2D eigenvalue weighted by Gasteiger charge is 2.23. The van der Waals surface area contributed by atoms with Crippen molar-refractivity contribution in [3.8, 4) is 17.1 Å². The van der Waals surface area contributed by atoms with E-state index in [2.05, 4.69) is 45.2 Å². The first-order chi connectivity index (χ1) is 15.1. The molecule has 4 aromatic rings. The van der Waals surface area contributed by atoms with Gasteiger partial charge in [-0.05, 0) is 40.2 Å². The summed E-state index contributed by atoms with van der Waals surface area (Å²) in [6, 6.07) is 7.88. The Morgan fingerprint density at radius 3 is 2.55 bits per heavy atom. The highest BCUT2D eigenvalue weighted by atomic mass is 79.9. The summed E-state index contributed by atoms with van der Waals surface area (Å²) in [4.78, 5) is 21.9. The quantitative estimate of drug-likeness (QED) is 0.470. The zero-order valence-electron chi connectivity index (χ0n) is 17.5. The van der Waals surface area contributed by atoms with Crippen LogP contribution in [0.1, 0.15) is 5.69 Å². The van der Waals surface area contributed by atoms with Crippen molar-refractivity contribution in [3.05, 3.63) is 53.2 Å². The smallest absolute Gasteiger partial charge is 0.159 e. The van der Waals surface area contributed by atoms with Crippen LogP contribution >= 0.6 is 15.9 Å². The number of rotatable bonds is 5. The lowest BCUT2D eigenvalue weighted by Crippen LogP contribution is -2.46. The third kappa shape index (κ3) is 3.90. The van der Waals surface area contributed by atoms with Gasteiger partial charge >= 0.3 is 0 Å². The van der Waals surface area contributed by atoms with Gasteiger partial charge in [0.25, 0.3) is 0 Å². The molecule has 0 aliphatic carbocycles. The lowest BCUT2D eigenvalue weighted by atomic mass is 10.2. The second-order valence-corrected chi connectivity index (χ2v) is 8.58. The number of H-pyrrole nitrogens is 1. The minimum atomic E-state index is 0.793. The van der Waals surface area contributed by atoms with Crippen molar-refractivity contribution in [3.63, 3.8) is 0 Å². The number of imidazole rings is 2. The average Bonchev–Trinajstić information content (AvgIpc) is 3.41. The van der Waals surface area contributed by atoms with E-state index in [0.29, 0.717) is 0 Å². The predicted octanol–water partition coefficient (Wildman–Crippen LogP) is 3.45. The molecule has 4 heterocycles. The molecule has 1 aliphatic rings. The fraction of sp³-hybridized carbons (Fsp3) is 0.318. The summed E-state index contributed by atoms with van der Waals surface area (Å²) < 4.78 is 8.31. The zero-order chi connectivity index (χ0) is 21.4. The third-order valence-electron chi connectivity index (χ3n) is 5.80. The molecular weight excluding hydrogens is 458 g/mol. The largest absolute Gasteiger partial charge is 0.497 e. The predicted molar refractivity (Wildman–Crippen MR) is 124 cm³/mol. The normalized spacial score (nSPS) is 15.0. The third-order valence-corrected chi connectivity index (χ3v) is 6.38. The molecule has 5 rings (SSSR count). The number of hydrogen-bond donors (Lipinski definition) is 1. The van der Waals surface area contributed by atoms with E-state index in [4.69, 9.17) is 9.72 Å². The van der Waals surface area contributed by atoms with Crippen LogP contribution in [0, 0.1) is 0 Å². The monoisotopic (exact) mass is 481 g/mol. The van der Waals surface area contributed by atoms with Gasteiger partial charge in [0, 0.05) is 57.7 Å². The van der Waals surface area contributed by atoms with Crippen molar-refractivity contribution in [2.75, 3.05) is 38.2 Å². The number of piperazine rings is 1. The van der Waals surface area contributed by atoms with E-state index in [1.165, 1.54) is 5.69 Å². The standard InChI is InChI=1S/C22H24BrN7O/c1-28-14-24-11-16(28)13-29-7-9-30(10-8-29)20-18(23)12-25-22-19(20)26-21(27-22)15-3-5-17(31-2)6-4-15/h3-6,11-12,14H,7-10,13H2,1-2H3,(H,25,26,27).